The number of ether oxygens (including phenoxy) is 1. The molecule has 1 heterocycles. The molecule has 0 spiro atoms. The molecule has 2 rings (SSSR count). The molecule has 0 bridgehead atoms. The van der Waals surface area contributed by atoms with E-state index in [2.05, 4.69) is 10.3 Å². The van der Waals surface area contributed by atoms with Crippen molar-refractivity contribution in [3.05, 3.63) is 46.8 Å². The predicted molar refractivity (Wildman–Crippen MR) is 69.3 cm³/mol. The number of halogens is 2. The molecular weight excluding hydrogens is 282 g/mol. The number of rotatable bonds is 5. The number of esters is 1. The third-order valence-electron chi connectivity index (χ3n) is 2.75. The molecule has 6 nitrogen and oxygen atoms in total. The van der Waals surface area contributed by atoms with E-state index in [1.54, 1.807) is 6.92 Å². The van der Waals surface area contributed by atoms with E-state index in [4.69, 9.17) is 10.5 Å². The summed E-state index contributed by atoms with van der Waals surface area (Å²) in [5, 5.41) is 7.50. The van der Waals surface area contributed by atoms with Gasteiger partial charge in [-0.25, -0.2) is 18.3 Å². The first-order valence-corrected chi connectivity index (χ1v) is 6.29. The molecule has 0 saturated heterocycles. The third-order valence-corrected chi connectivity index (χ3v) is 2.75. The van der Waals surface area contributed by atoms with Gasteiger partial charge in [0.05, 0.1) is 18.8 Å². The Morgan fingerprint density at radius 2 is 2.00 bits per heavy atom. The van der Waals surface area contributed by atoms with E-state index in [1.165, 1.54) is 16.8 Å². The average Bonchev–Trinajstić information content (AvgIpc) is 2.80. The van der Waals surface area contributed by atoms with Crippen LogP contribution >= 0.6 is 0 Å². The highest BCUT2D eigenvalue weighted by molar-refractivity contribution is 5.88. The van der Waals surface area contributed by atoms with Crippen LogP contribution in [-0.2, 0) is 17.8 Å². The van der Waals surface area contributed by atoms with Gasteiger partial charge in [-0.1, -0.05) is 5.21 Å². The Labute approximate surface area is 119 Å². The first-order valence-electron chi connectivity index (χ1n) is 6.29. The quantitative estimate of drug-likeness (QED) is 0.839. The van der Waals surface area contributed by atoms with E-state index < -0.39 is 17.6 Å². The summed E-state index contributed by atoms with van der Waals surface area (Å²) < 4.78 is 32.5. The Morgan fingerprint density at radius 3 is 2.57 bits per heavy atom. The lowest BCUT2D eigenvalue weighted by Crippen LogP contribution is -2.15. The topological polar surface area (TPSA) is 83.0 Å². The van der Waals surface area contributed by atoms with Crippen LogP contribution in [0, 0.1) is 11.6 Å². The fraction of sp³-hybridized carbons (Fsp3) is 0.308. The number of benzene rings is 1. The Bertz CT molecular complexity index is 637. The van der Waals surface area contributed by atoms with Gasteiger partial charge < -0.3 is 10.5 Å². The Kier molecular flexibility index (Phi) is 4.59. The monoisotopic (exact) mass is 296 g/mol. The van der Waals surface area contributed by atoms with Gasteiger partial charge in [-0.3, -0.25) is 0 Å². The molecule has 21 heavy (non-hydrogen) atoms. The van der Waals surface area contributed by atoms with Crippen LogP contribution in [0.15, 0.2) is 18.2 Å². The second-order valence-electron chi connectivity index (χ2n) is 4.24. The lowest BCUT2D eigenvalue weighted by atomic mass is 10.2. The van der Waals surface area contributed by atoms with Crippen LogP contribution in [-0.4, -0.2) is 27.6 Å². The standard InChI is InChI=1S/C13H14F2N4O2/c1-2-21-13(20)12-11(6-16)19(18-17-12)7-8-3-9(14)5-10(15)4-8/h3-5H,2,6-7,16H2,1H3. The van der Waals surface area contributed by atoms with E-state index in [0.29, 0.717) is 11.3 Å². The highest BCUT2D eigenvalue weighted by atomic mass is 19.1. The molecule has 0 unspecified atom stereocenters. The molecule has 0 aliphatic rings. The second-order valence-corrected chi connectivity index (χ2v) is 4.24. The van der Waals surface area contributed by atoms with Gasteiger partial charge in [-0.15, -0.1) is 5.10 Å². The lowest BCUT2D eigenvalue weighted by molar-refractivity contribution is 0.0518. The van der Waals surface area contributed by atoms with Crippen molar-refractivity contribution in [2.24, 2.45) is 5.73 Å². The maximum absolute atomic E-state index is 13.2. The zero-order valence-electron chi connectivity index (χ0n) is 11.3. The van der Waals surface area contributed by atoms with E-state index in [9.17, 15) is 13.6 Å². The van der Waals surface area contributed by atoms with Crippen molar-refractivity contribution in [2.45, 2.75) is 20.0 Å². The van der Waals surface area contributed by atoms with Gasteiger partial charge in [0.2, 0.25) is 0 Å². The van der Waals surface area contributed by atoms with Gasteiger partial charge in [0.15, 0.2) is 5.69 Å². The fourth-order valence-corrected chi connectivity index (χ4v) is 1.90. The van der Waals surface area contributed by atoms with Gasteiger partial charge in [0.25, 0.3) is 0 Å². The number of carbonyl (C=O) groups excluding carboxylic acids is 1. The van der Waals surface area contributed by atoms with E-state index in [1.807, 2.05) is 0 Å². The van der Waals surface area contributed by atoms with Crippen LogP contribution in [0.4, 0.5) is 8.78 Å². The van der Waals surface area contributed by atoms with Crippen molar-refractivity contribution in [1.82, 2.24) is 15.0 Å². The number of hydrogen-bond acceptors (Lipinski definition) is 5. The maximum atomic E-state index is 13.2. The molecule has 112 valence electrons. The number of aromatic nitrogens is 3. The number of carbonyl (C=O) groups is 1. The van der Waals surface area contributed by atoms with Gasteiger partial charge >= 0.3 is 5.97 Å². The normalized spacial score (nSPS) is 10.7. The predicted octanol–water partition coefficient (Wildman–Crippen LogP) is 1.24. The smallest absolute Gasteiger partial charge is 0.360 e. The summed E-state index contributed by atoms with van der Waals surface area (Å²) in [4.78, 5) is 11.7. The Hall–Kier alpha value is -2.35. The van der Waals surface area contributed by atoms with Gasteiger partial charge in [-0.2, -0.15) is 0 Å². The van der Waals surface area contributed by atoms with Crippen molar-refractivity contribution < 1.29 is 18.3 Å². The molecule has 0 amide bonds. The number of hydrogen-bond donors (Lipinski definition) is 1. The number of nitrogens with zero attached hydrogens (tertiary/aromatic N) is 3. The summed E-state index contributed by atoms with van der Waals surface area (Å²) >= 11 is 0. The molecule has 0 fully saturated rings. The Morgan fingerprint density at radius 1 is 1.33 bits per heavy atom. The summed E-state index contributed by atoms with van der Waals surface area (Å²) in [5.41, 5.74) is 6.29. The lowest BCUT2D eigenvalue weighted by Gasteiger charge is -2.06. The molecule has 1 aromatic heterocycles. The van der Waals surface area contributed by atoms with Crippen LogP contribution in [0.5, 0.6) is 0 Å². The number of nitrogens with two attached hydrogens (primary N) is 1. The molecule has 2 aromatic rings. The first-order chi connectivity index (χ1) is 10.0. The highest BCUT2D eigenvalue weighted by Gasteiger charge is 2.20. The average molecular weight is 296 g/mol. The van der Waals surface area contributed by atoms with Crippen molar-refractivity contribution in [2.75, 3.05) is 6.61 Å². The van der Waals surface area contributed by atoms with Crippen LogP contribution in [0.2, 0.25) is 0 Å². The van der Waals surface area contributed by atoms with Crippen LogP contribution in [0.1, 0.15) is 28.7 Å². The van der Waals surface area contributed by atoms with Crippen molar-refractivity contribution in [1.29, 1.82) is 0 Å². The molecule has 0 saturated carbocycles. The Balaban J connectivity index is 2.30. The minimum atomic E-state index is -0.690. The summed E-state index contributed by atoms with van der Waals surface area (Å²) in [6.07, 6.45) is 0. The minimum absolute atomic E-state index is 0.00105. The van der Waals surface area contributed by atoms with Crippen molar-refractivity contribution >= 4 is 5.97 Å². The molecule has 2 N–H and O–H groups in total. The summed E-state index contributed by atoms with van der Waals surface area (Å²) in [7, 11) is 0. The second kappa shape index (κ2) is 6.40. The summed E-state index contributed by atoms with van der Waals surface area (Å²) in [6, 6.07) is 3.13. The summed E-state index contributed by atoms with van der Waals surface area (Å²) in [5.74, 6) is -2.01. The van der Waals surface area contributed by atoms with Gasteiger partial charge in [0, 0.05) is 12.6 Å². The molecular formula is C13H14F2N4O2. The van der Waals surface area contributed by atoms with E-state index >= 15 is 0 Å². The zero-order chi connectivity index (χ0) is 15.4. The van der Waals surface area contributed by atoms with Gasteiger partial charge in [-0.05, 0) is 24.6 Å². The zero-order valence-corrected chi connectivity index (χ0v) is 11.3. The van der Waals surface area contributed by atoms with E-state index in [0.717, 1.165) is 6.07 Å². The molecule has 8 heteroatoms. The van der Waals surface area contributed by atoms with Crippen LogP contribution < -0.4 is 5.73 Å². The molecule has 0 radical (unpaired) electrons. The molecule has 0 aliphatic carbocycles. The van der Waals surface area contributed by atoms with Crippen LogP contribution in [0.25, 0.3) is 0 Å². The minimum Gasteiger partial charge on any atom is -0.461 e. The summed E-state index contributed by atoms with van der Waals surface area (Å²) in [6.45, 7) is 1.91. The fourth-order valence-electron chi connectivity index (χ4n) is 1.90. The highest BCUT2D eigenvalue weighted by Crippen LogP contribution is 2.12. The van der Waals surface area contributed by atoms with Crippen LogP contribution in [0.3, 0.4) is 0 Å². The van der Waals surface area contributed by atoms with E-state index in [-0.39, 0.29) is 25.4 Å². The largest absolute Gasteiger partial charge is 0.461 e. The first kappa shape index (κ1) is 15.0. The SMILES string of the molecule is CCOC(=O)c1nnn(Cc2cc(F)cc(F)c2)c1CN. The maximum Gasteiger partial charge on any atom is 0.360 e. The van der Waals surface area contributed by atoms with Gasteiger partial charge in [0.1, 0.15) is 11.6 Å². The molecule has 0 atom stereocenters. The van der Waals surface area contributed by atoms with Crippen molar-refractivity contribution in [3.63, 3.8) is 0 Å². The van der Waals surface area contributed by atoms with Crippen molar-refractivity contribution in [3.8, 4) is 0 Å². The molecule has 0 aliphatic heterocycles. The molecule has 1 aromatic carbocycles. The third kappa shape index (κ3) is 3.40.